The van der Waals surface area contributed by atoms with Crippen molar-refractivity contribution < 1.29 is 5.11 Å². The third-order valence-corrected chi connectivity index (χ3v) is 1.73. The molecule has 3 heteroatoms. The van der Waals surface area contributed by atoms with Crippen LogP contribution in [0.15, 0.2) is 6.20 Å². The highest BCUT2D eigenvalue weighted by Crippen LogP contribution is 2.07. The Balaban J connectivity index is 2.95. The molecule has 0 radical (unpaired) electrons. The van der Waals surface area contributed by atoms with Crippen molar-refractivity contribution in [3.63, 3.8) is 0 Å². The van der Waals surface area contributed by atoms with Crippen LogP contribution in [0.4, 0.5) is 0 Å². The predicted molar refractivity (Wildman–Crippen MR) is 46.7 cm³/mol. The summed E-state index contributed by atoms with van der Waals surface area (Å²) in [6.45, 7) is 3.99. The average Bonchev–Trinajstić information content (AvgIpc) is 2.05. The summed E-state index contributed by atoms with van der Waals surface area (Å²) >= 11 is 0. The molecule has 0 atom stereocenters. The number of aliphatic hydroxyl groups is 1. The van der Waals surface area contributed by atoms with Crippen LogP contribution in [0.1, 0.15) is 30.4 Å². The molecule has 0 bridgehead atoms. The number of nitrogens with zero attached hydrogens (tertiary/aromatic N) is 2. The fourth-order valence-corrected chi connectivity index (χ4v) is 1.13. The fourth-order valence-electron chi connectivity index (χ4n) is 1.13. The zero-order valence-electron chi connectivity index (χ0n) is 7.54. The predicted octanol–water partition coefficient (Wildman–Crippen LogP) is 1.23. The molecule has 0 saturated carbocycles. The third kappa shape index (κ3) is 2.01. The van der Waals surface area contributed by atoms with Gasteiger partial charge in [-0.15, -0.1) is 0 Å². The molecule has 1 aromatic rings. The summed E-state index contributed by atoms with van der Waals surface area (Å²) in [5.74, 6) is 0.774. The van der Waals surface area contributed by atoms with Crippen LogP contribution in [0.3, 0.4) is 0 Å². The Morgan fingerprint density at radius 2 is 2.25 bits per heavy atom. The summed E-state index contributed by atoms with van der Waals surface area (Å²) in [5, 5.41) is 8.96. The Morgan fingerprint density at radius 1 is 1.50 bits per heavy atom. The lowest BCUT2D eigenvalue weighted by molar-refractivity contribution is 0.279. The van der Waals surface area contributed by atoms with E-state index in [2.05, 4.69) is 16.9 Å². The molecule has 0 aromatic carbocycles. The van der Waals surface area contributed by atoms with Gasteiger partial charge in [0.25, 0.3) is 0 Å². The summed E-state index contributed by atoms with van der Waals surface area (Å²) in [5.41, 5.74) is 1.83. The molecule has 0 unspecified atom stereocenters. The molecule has 66 valence electrons. The van der Waals surface area contributed by atoms with E-state index in [1.54, 1.807) is 6.20 Å². The summed E-state index contributed by atoms with van der Waals surface area (Å²) in [6.07, 6.45) is 3.66. The van der Waals surface area contributed by atoms with Crippen molar-refractivity contribution in [2.24, 2.45) is 0 Å². The smallest absolute Gasteiger partial charge is 0.125 e. The van der Waals surface area contributed by atoms with Crippen LogP contribution < -0.4 is 0 Å². The van der Waals surface area contributed by atoms with Crippen LogP contribution in [0.5, 0.6) is 0 Å². The molecule has 0 saturated heterocycles. The van der Waals surface area contributed by atoms with Crippen molar-refractivity contribution >= 4 is 0 Å². The van der Waals surface area contributed by atoms with E-state index in [4.69, 9.17) is 5.11 Å². The van der Waals surface area contributed by atoms with Crippen LogP contribution in [-0.4, -0.2) is 15.1 Å². The summed E-state index contributed by atoms with van der Waals surface area (Å²) in [6, 6.07) is 0. The largest absolute Gasteiger partial charge is 0.392 e. The molecule has 3 nitrogen and oxygen atoms in total. The Labute approximate surface area is 72.5 Å². The Kier molecular flexibility index (Phi) is 3.17. The first kappa shape index (κ1) is 9.13. The van der Waals surface area contributed by atoms with Gasteiger partial charge >= 0.3 is 0 Å². The minimum Gasteiger partial charge on any atom is -0.392 e. The Morgan fingerprint density at radius 3 is 2.83 bits per heavy atom. The highest BCUT2D eigenvalue weighted by molar-refractivity contribution is 5.16. The highest BCUT2D eigenvalue weighted by Gasteiger charge is 2.02. The number of aryl methyl sites for hydroxylation is 2. The molecule has 0 amide bonds. The van der Waals surface area contributed by atoms with Gasteiger partial charge in [0.05, 0.1) is 6.61 Å². The van der Waals surface area contributed by atoms with Gasteiger partial charge in [-0.05, 0) is 13.3 Å². The minimum atomic E-state index is 0.0373. The maximum absolute atomic E-state index is 8.96. The number of aromatic nitrogens is 2. The third-order valence-electron chi connectivity index (χ3n) is 1.73. The first-order valence-electron chi connectivity index (χ1n) is 4.20. The second kappa shape index (κ2) is 4.16. The van der Waals surface area contributed by atoms with E-state index in [-0.39, 0.29) is 6.61 Å². The van der Waals surface area contributed by atoms with E-state index in [1.807, 2.05) is 6.92 Å². The van der Waals surface area contributed by atoms with E-state index in [1.165, 1.54) is 0 Å². The van der Waals surface area contributed by atoms with E-state index in [9.17, 15) is 0 Å². The maximum atomic E-state index is 8.96. The summed E-state index contributed by atoms with van der Waals surface area (Å²) in [4.78, 5) is 8.28. The van der Waals surface area contributed by atoms with Crippen molar-refractivity contribution in [3.05, 3.63) is 23.3 Å². The van der Waals surface area contributed by atoms with E-state index >= 15 is 0 Å². The van der Waals surface area contributed by atoms with Crippen LogP contribution in [-0.2, 0) is 13.0 Å². The standard InChI is InChI=1S/C9H14N2O/c1-3-4-9-8(6-12)5-10-7(2)11-9/h5,12H,3-4,6H2,1-2H3. The molecule has 0 aliphatic heterocycles. The van der Waals surface area contributed by atoms with E-state index in [0.29, 0.717) is 0 Å². The van der Waals surface area contributed by atoms with Gasteiger partial charge in [-0.3, -0.25) is 0 Å². The van der Waals surface area contributed by atoms with Gasteiger partial charge in [0.15, 0.2) is 0 Å². The Bertz CT molecular complexity index is 261. The van der Waals surface area contributed by atoms with Gasteiger partial charge in [-0.1, -0.05) is 13.3 Å². The number of hydrogen-bond donors (Lipinski definition) is 1. The number of hydrogen-bond acceptors (Lipinski definition) is 3. The normalized spacial score (nSPS) is 10.2. The molecule has 0 aliphatic rings. The Hall–Kier alpha value is -0.960. The highest BCUT2D eigenvalue weighted by atomic mass is 16.3. The lowest BCUT2D eigenvalue weighted by Gasteiger charge is -2.04. The van der Waals surface area contributed by atoms with Gasteiger partial charge in [0.2, 0.25) is 0 Å². The van der Waals surface area contributed by atoms with Crippen LogP contribution >= 0.6 is 0 Å². The summed E-state index contributed by atoms with van der Waals surface area (Å²) in [7, 11) is 0. The van der Waals surface area contributed by atoms with Gasteiger partial charge in [0, 0.05) is 17.5 Å². The van der Waals surface area contributed by atoms with Gasteiger partial charge in [-0.2, -0.15) is 0 Å². The lowest BCUT2D eigenvalue weighted by Crippen LogP contribution is -2.01. The quantitative estimate of drug-likeness (QED) is 0.734. The SMILES string of the molecule is CCCc1nc(C)ncc1CO. The van der Waals surface area contributed by atoms with E-state index in [0.717, 1.165) is 29.9 Å². The molecule has 0 aliphatic carbocycles. The zero-order valence-corrected chi connectivity index (χ0v) is 7.54. The average molecular weight is 166 g/mol. The van der Waals surface area contributed by atoms with Crippen molar-refractivity contribution in [1.82, 2.24) is 9.97 Å². The molecule has 1 heterocycles. The molecule has 1 N–H and O–H groups in total. The molecule has 1 rings (SSSR count). The van der Waals surface area contributed by atoms with Crippen LogP contribution in [0, 0.1) is 6.92 Å². The molecular weight excluding hydrogens is 152 g/mol. The molecule has 0 fully saturated rings. The molecule has 12 heavy (non-hydrogen) atoms. The van der Waals surface area contributed by atoms with Gasteiger partial charge in [-0.25, -0.2) is 9.97 Å². The first-order valence-corrected chi connectivity index (χ1v) is 4.20. The fraction of sp³-hybridized carbons (Fsp3) is 0.556. The summed E-state index contributed by atoms with van der Waals surface area (Å²) < 4.78 is 0. The topological polar surface area (TPSA) is 46.0 Å². The van der Waals surface area contributed by atoms with Crippen LogP contribution in [0.25, 0.3) is 0 Å². The molecule has 1 aromatic heterocycles. The number of aliphatic hydroxyl groups excluding tert-OH is 1. The van der Waals surface area contributed by atoms with Gasteiger partial charge in [0.1, 0.15) is 5.82 Å². The second-order valence-corrected chi connectivity index (χ2v) is 2.80. The first-order chi connectivity index (χ1) is 5.77. The monoisotopic (exact) mass is 166 g/mol. The minimum absolute atomic E-state index is 0.0373. The number of rotatable bonds is 3. The van der Waals surface area contributed by atoms with Crippen LogP contribution in [0.2, 0.25) is 0 Å². The lowest BCUT2D eigenvalue weighted by atomic mass is 10.1. The maximum Gasteiger partial charge on any atom is 0.125 e. The van der Waals surface area contributed by atoms with Crippen molar-refractivity contribution in [1.29, 1.82) is 0 Å². The van der Waals surface area contributed by atoms with Crippen molar-refractivity contribution in [2.75, 3.05) is 0 Å². The van der Waals surface area contributed by atoms with E-state index < -0.39 is 0 Å². The second-order valence-electron chi connectivity index (χ2n) is 2.80. The van der Waals surface area contributed by atoms with Crippen molar-refractivity contribution in [3.8, 4) is 0 Å². The molecule has 0 spiro atoms. The zero-order chi connectivity index (χ0) is 8.97. The molecular formula is C9H14N2O. The van der Waals surface area contributed by atoms with Gasteiger partial charge < -0.3 is 5.11 Å². The van der Waals surface area contributed by atoms with Crippen molar-refractivity contribution in [2.45, 2.75) is 33.3 Å².